The SMILES string of the molecule is CNC(=S)Nc1cc(S(=O)(=O)N2CCCCCC2)ccc1OC. The molecule has 0 saturated carbocycles. The first-order valence-corrected chi connectivity index (χ1v) is 9.51. The van der Waals surface area contributed by atoms with Crippen LogP contribution >= 0.6 is 12.2 Å². The van der Waals surface area contributed by atoms with Gasteiger partial charge in [-0.05, 0) is 43.3 Å². The third kappa shape index (κ3) is 4.33. The fourth-order valence-corrected chi connectivity index (χ4v) is 4.21. The molecule has 0 aromatic heterocycles. The molecule has 1 aromatic carbocycles. The lowest BCUT2D eigenvalue weighted by molar-refractivity contribution is 0.415. The third-order valence-electron chi connectivity index (χ3n) is 3.85. The molecule has 1 heterocycles. The first kappa shape index (κ1) is 18.0. The molecule has 2 N–H and O–H groups in total. The Hall–Kier alpha value is -1.38. The van der Waals surface area contributed by atoms with Crippen molar-refractivity contribution in [1.29, 1.82) is 0 Å². The summed E-state index contributed by atoms with van der Waals surface area (Å²) < 4.78 is 32.5. The van der Waals surface area contributed by atoms with E-state index in [9.17, 15) is 8.42 Å². The van der Waals surface area contributed by atoms with Gasteiger partial charge in [0.05, 0.1) is 17.7 Å². The van der Waals surface area contributed by atoms with Crippen molar-refractivity contribution in [2.75, 3.05) is 32.6 Å². The second-order valence-corrected chi connectivity index (χ2v) is 7.73. The van der Waals surface area contributed by atoms with Gasteiger partial charge in [0.1, 0.15) is 5.75 Å². The number of ether oxygens (including phenoxy) is 1. The Kier molecular flexibility index (Phi) is 6.20. The molecular formula is C15H23N3O3S2. The largest absolute Gasteiger partial charge is 0.495 e. The highest BCUT2D eigenvalue weighted by Gasteiger charge is 2.26. The van der Waals surface area contributed by atoms with Crippen molar-refractivity contribution in [2.45, 2.75) is 30.6 Å². The van der Waals surface area contributed by atoms with Crippen LogP contribution in [0.2, 0.25) is 0 Å². The summed E-state index contributed by atoms with van der Waals surface area (Å²) in [4.78, 5) is 0.251. The summed E-state index contributed by atoms with van der Waals surface area (Å²) in [6.45, 7) is 1.15. The van der Waals surface area contributed by atoms with Gasteiger partial charge in [-0.15, -0.1) is 0 Å². The number of hydrogen-bond acceptors (Lipinski definition) is 4. The highest BCUT2D eigenvalue weighted by atomic mass is 32.2. The van der Waals surface area contributed by atoms with E-state index in [1.165, 1.54) is 7.11 Å². The zero-order chi connectivity index (χ0) is 16.9. The van der Waals surface area contributed by atoms with Gasteiger partial charge in [-0.25, -0.2) is 8.42 Å². The van der Waals surface area contributed by atoms with E-state index in [0.29, 0.717) is 29.6 Å². The molecule has 23 heavy (non-hydrogen) atoms. The van der Waals surface area contributed by atoms with Gasteiger partial charge in [-0.2, -0.15) is 4.31 Å². The summed E-state index contributed by atoms with van der Waals surface area (Å²) in [7, 11) is -0.274. The van der Waals surface area contributed by atoms with Crippen molar-refractivity contribution in [2.24, 2.45) is 0 Å². The van der Waals surface area contributed by atoms with Crippen LogP contribution in [0.4, 0.5) is 5.69 Å². The molecule has 1 aliphatic heterocycles. The predicted octanol–water partition coefficient (Wildman–Crippen LogP) is 2.18. The molecule has 1 aromatic rings. The molecule has 0 bridgehead atoms. The number of nitrogens with zero attached hydrogens (tertiary/aromatic N) is 1. The number of benzene rings is 1. The summed E-state index contributed by atoms with van der Waals surface area (Å²) in [5.74, 6) is 0.539. The highest BCUT2D eigenvalue weighted by molar-refractivity contribution is 7.89. The minimum Gasteiger partial charge on any atom is -0.495 e. The minimum absolute atomic E-state index is 0.251. The van der Waals surface area contributed by atoms with E-state index in [4.69, 9.17) is 17.0 Å². The minimum atomic E-state index is -3.50. The lowest BCUT2D eigenvalue weighted by atomic mass is 10.2. The molecule has 0 unspecified atom stereocenters. The molecule has 0 amide bonds. The highest BCUT2D eigenvalue weighted by Crippen LogP contribution is 2.29. The van der Waals surface area contributed by atoms with Crippen LogP contribution < -0.4 is 15.4 Å². The van der Waals surface area contributed by atoms with Crippen LogP contribution in [0.5, 0.6) is 5.75 Å². The maximum absolute atomic E-state index is 12.9. The Bertz CT molecular complexity index is 654. The molecule has 0 aliphatic carbocycles. The average Bonchev–Trinajstić information content (AvgIpc) is 2.84. The van der Waals surface area contributed by atoms with Crippen LogP contribution in [-0.2, 0) is 10.0 Å². The number of sulfonamides is 1. The Labute approximate surface area is 143 Å². The van der Waals surface area contributed by atoms with Crippen LogP contribution in [0.25, 0.3) is 0 Å². The molecule has 0 atom stereocenters. The maximum atomic E-state index is 12.9. The third-order valence-corrected chi connectivity index (χ3v) is 6.05. The fraction of sp³-hybridized carbons (Fsp3) is 0.533. The Morgan fingerprint density at radius 2 is 1.87 bits per heavy atom. The Morgan fingerprint density at radius 1 is 1.22 bits per heavy atom. The second kappa shape index (κ2) is 7.94. The topological polar surface area (TPSA) is 70.7 Å². The van der Waals surface area contributed by atoms with Gasteiger partial charge in [0, 0.05) is 20.1 Å². The molecule has 1 fully saturated rings. The van der Waals surface area contributed by atoms with Crippen molar-refractivity contribution in [3.63, 3.8) is 0 Å². The molecule has 128 valence electrons. The summed E-state index contributed by atoms with van der Waals surface area (Å²) >= 11 is 5.09. The molecule has 0 spiro atoms. The number of rotatable bonds is 4. The van der Waals surface area contributed by atoms with Crippen molar-refractivity contribution >= 4 is 33.0 Å². The molecular weight excluding hydrogens is 334 g/mol. The molecule has 1 saturated heterocycles. The Morgan fingerprint density at radius 3 is 2.43 bits per heavy atom. The number of methoxy groups -OCH3 is 1. The summed E-state index contributed by atoms with van der Waals surface area (Å²) in [5.41, 5.74) is 0.530. The number of nitrogens with one attached hydrogen (secondary N) is 2. The zero-order valence-electron chi connectivity index (χ0n) is 13.5. The zero-order valence-corrected chi connectivity index (χ0v) is 15.1. The monoisotopic (exact) mass is 357 g/mol. The average molecular weight is 358 g/mol. The van der Waals surface area contributed by atoms with Crippen molar-refractivity contribution in [3.8, 4) is 5.75 Å². The van der Waals surface area contributed by atoms with Crippen LogP contribution in [0.3, 0.4) is 0 Å². The quantitative estimate of drug-likeness (QED) is 0.805. The van der Waals surface area contributed by atoms with Crippen LogP contribution in [0.1, 0.15) is 25.7 Å². The lowest BCUT2D eigenvalue weighted by Gasteiger charge is -2.21. The Balaban J connectivity index is 2.34. The number of thiocarbonyl (C=S) groups is 1. The van der Waals surface area contributed by atoms with E-state index in [0.717, 1.165) is 25.7 Å². The van der Waals surface area contributed by atoms with E-state index in [1.807, 2.05) is 0 Å². The molecule has 6 nitrogen and oxygen atoms in total. The fourth-order valence-electron chi connectivity index (χ4n) is 2.56. The van der Waals surface area contributed by atoms with Gasteiger partial charge in [0.25, 0.3) is 0 Å². The molecule has 0 radical (unpaired) electrons. The van der Waals surface area contributed by atoms with Crippen molar-refractivity contribution in [1.82, 2.24) is 9.62 Å². The first-order chi connectivity index (χ1) is 11.0. The summed E-state index contributed by atoms with van der Waals surface area (Å²) in [5, 5.41) is 6.15. The van der Waals surface area contributed by atoms with Crippen LogP contribution in [-0.4, -0.2) is 45.1 Å². The molecule has 2 rings (SSSR count). The van der Waals surface area contributed by atoms with E-state index in [2.05, 4.69) is 10.6 Å². The van der Waals surface area contributed by atoms with Gasteiger partial charge in [0.15, 0.2) is 5.11 Å². The van der Waals surface area contributed by atoms with E-state index < -0.39 is 10.0 Å². The molecule has 8 heteroatoms. The van der Waals surface area contributed by atoms with Gasteiger partial charge in [0.2, 0.25) is 10.0 Å². The number of hydrogen-bond donors (Lipinski definition) is 2. The number of anilines is 1. The smallest absolute Gasteiger partial charge is 0.243 e. The van der Waals surface area contributed by atoms with Crippen molar-refractivity contribution in [3.05, 3.63) is 18.2 Å². The summed E-state index contributed by atoms with van der Waals surface area (Å²) in [6.07, 6.45) is 3.98. The normalized spacial score (nSPS) is 16.4. The van der Waals surface area contributed by atoms with Gasteiger partial charge in [-0.3, -0.25) is 0 Å². The van der Waals surface area contributed by atoms with Gasteiger partial charge in [-0.1, -0.05) is 12.8 Å². The van der Waals surface area contributed by atoms with E-state index >= 15 is 0 Å². The first-order valence-electron chi connectivity index (χ1n) is 7.66. The van der Waals surface area contributed by atoms with Crippen molar-refractivity contribution < 1.29 is 13.2 Å². The standard InChI is InChI=1S/C15H23N3O3S2/c1-16-15(22)17-13-11-12(7-8-14(13)21-2)23(19,20)18-9-5-3-4-6-10-18/h7-8,11H,3-6,9-10H2,1-2H3,(H2,16,17,22). The van der Waals surface area contributed by atoms with Crippen LogP contribution in [0.15, 0.2) is 23.1 Å². The predicted molar refractivity (Wildman–Crippen MR) is 95.5 cm³/mol. The maximum Gasteiger partial charge on any atom is 0.243 e. The van der Waals surface area contributed by atoms with E-state index in [-0.39, 0.29) is 4.90 Å². The second-order valence-electron chi connectivity index (χ2n) is 5.38. The van der Waals surface area contributed by atoms with Gasteiger partial charge < -0.3 is 15.4 Å². The summed E-state index contributed by atoms with van der Waals surface area (Å²) in [6, 6.07) is 4.79. The van der Waals surface area contributed by atoms with Gasteiger partial charge >= 0.3 is 0 Å². The lowest BCUT2D eigenvalue weighted by Crippen LogP contribution is -2.32. The molecule has 1 aliphatic rings. The van der Waals surface area contributed by atoms with E-state index in [1.54, 1.807) is 29.6 Å². The van der Waals surface area contributed by atoms with Crippen LogP contribution in [0, 0.1) is 0 Å².